The molecule has 0 rings (SSSR count). The van der Waals surface area contributed by atoms with Crippen molar-refractivity contribution in [1.82, 2.24) is 0 Å². The highest BCUT2D eigenvalue weighted by Gasteiger charge is 2.75. The summed E-state index contributed by atoms with van der Waals surface area (Å²) in [7, 11) is 0. The molecule has 2 unspecified atom stereocenters. The predicted octanol–water partition coefficient (Wildman–Crippen LogP) is 4.82. The van der Waals surface area contributed by atoms with E-state index in [0.29, 0.717) is 6.92 Å². The average molecular weight is 340 g/mol. The van der Waals surface area contributed by atoms with Crippen molar-refractivity contribution in [1.29, 1.82) is 0 Å². The molecule has 0 aromatic rings. The number of carbonyl (C=O) groups is 1. The number of ether oxygens (including phenoxy) is 1. The van der Waals surface area contributed by atoms with E-state index in [9.17, 15) is 35.5 Å². The van der Waals surface area contributed by atoms with Crippen LogP contribution in [-0.4, -0.2) is 29.6 Å². The molecule has 132 valence electrons. The lowest BCUT2D eigenvalue weighted by Crippen LogP contribution is -2.57. The maximum atomic E-state index is 13.6. The van der Waals surface area contributed by atoms with Crippen LogP contribution in [0.25, 0.3) is 0 Å². The van der Waals surface area contributed by atoms with Crippen LogP contribution in [0.4, 0.5) is 30.7 Å². The molecule has 2 atom stereocenters. The minimum atomic E-state index is -6.42. The van der Waals surface area contributed by atoms with Crippen LogP contribution in [0.3, 0.4) is 0 Å². The zero-order valence-corrected chi connectivity index (χ0v) is 12.8. The Morgan fingerprint density at radius 3 is 1.68 bits per heavy atom. The third kappa shape index (κ3) is 4.25. The molecule has 0 fully saturated rings. The van der Waals surface area contributed by atoms with Gasteiger partial charge in [0.05, 0.1) is 5.92 Å². The number of esters is 1. The Balaban J connectivity index is 5.51. The smallest absolute Gasteiger partial charge is 0.459 e. The van der Waals surface area contributed by atoms with Gasteiger partial charge in [-0.05, 0) is 27.2 Å². The molecule has 22 heavy (non-hydrogen) atoms. The van der Waals surface area contributed by atoms with Gasteiger partial charge in [-0.3, -0.25) is 4.79 Å². The fraction of sp³-hybridized carbons (Fsp3) is 0.923. The van der Waals surface area contributed by atoms with Gasteiger partial charge in [-0.25, -0.2) is 0 Å². The van der Waals surface area contributed by atoms with Crippen molar-refractivity contribution in [2.24, 2.45) is 11.8 Å². The Bertz CT molecular complexity index is 396. The summed E-state index contributed by atoms with van der Waals surface area (Å²) >= 11 is 0. The molecule has 0 N–H and O–H groups in total. The number of alkyl halides is 7. The molecule has 9 heteroatoms. The van der Waals surface area contributed by atoms with Gasteiger partial charge in [-0.15, -0.1) is 0 Å². The van der Waals surface area contributed by atoms with Crippen molar-refractivity contribution >= 4 is 5.97 Å². The molecule has 0 saturated carbocycles. The fourth-order valence-electron chi connectivity index (χ4n) is 1.83. The molecule has 0 aromatic heterocycles. The first-order chi connectivity index (χ1) is 9.49. The average Bonchev–Trinajstić information content (AvgIpc) is 2.25. The van der Waals surface area contributed by atoms with Gasteiger partial charge in [0.2, 0.25) is 0 Å². The lowest BCUT2D eigenvalue weighted by molar-refractivity contribution is -0.367. The third-order valence-electron chi connectivity index (χ3n) is 3.10. The van der Waals surface area contributed by atoms with E-state index in [1.165, 1.54) is 27.7 Å². The molecule has 0 radical (unpaired) electrons. The van der Waals surface area contributed by atoms with Crippen molar-refractivity contribution in [2.45, 2.75) is 64.7 Å². The molecule has 0 spiro atoms. The molecular formula is C13H19F7O2. The van der Waals surface area contributed by atoms with Crippen molar-refractivity contribution in [3.05, 3.63) is 0 Å². The van der Waals surface area contributed by atoms with E-state index >= 15 is 0 Å². The van der Waals surface area contributed by atoms with Crippen molar-refractivity contribution in [3.63, 3.8) is 0 Å². The van der Waals surface area contributed by atoms with E-state index in [1.54, 1.807) is 0 Å². The quantitative estimate of drug-likeness (QED) is 0.530. The molecule has 0 heterocycles. The van der Waals surface area contributed by atoms with Gasteiger partial charge in [-0.2, -0.15) is 30.7 Å². The van der Waals surface area contributed by atoms with E-state index in [-0.39, 0.29) is 6.42 Å². The van der Waals surface area contributed by atoms with Crippen LogP contribution in [0.2, 0.25) is 0 Å². The second-order valence-electron chi connectivity index (χ2n) is 6.03. The van der Waals surface area contributed by atoms with E-state index in [0.717, 1.165) is 0 Å². The van der Waals surface area contributed by atoms with Gasteiger partial charge in [0.1, 0.15) is 5.60 Å². The van der Waals surface area contributed by atoms with Crippen LogP contribution >= 0.6 is 0 Å². The zero-order valence-electron chi connectivity index (χ0n) is 12.8. The topological polar surface area (TPSA) is 26.3 Å². The summed E-state index contributed by atoms with van der Waals surface area (Å²) in [6.45, 7) is 5.98. The third-order valence-corrected chi connectivity index (χ3v) is 3.10. The minimum absolute atomic E-state index is 0.362. The Morgan fingerprint density at radius 1 is 1.00 bits per heavy atom. The maximum absolute atomic E-state index is 13.6. The first-order valence-corrected chi connectivity index (χ1v) is 6.54. The molecule has 0 aromatic carbocycles. The Hall–Kier alpha value is -1.02. The summed E-state index contributed by atoms with van der Waals surface area (Å²) in [6, 6.07) is 0. The first kappa shape index (κ1) is 21.0. The Labute approximate surface area is 124 Å². The van der Waals surface area contributed by atoms with Gasteiger partial charge in [-0.1, -0.05) is 13.8 Å². The highest BCUT2D eigenvalue weighted by atomic mass is 19.4. The van der Waals surface area contributed by atoms with Crippen LogP contribution < -0.4 is 0 Å². The fourth-order valence-corrected chi connectivity index (χ4v) is 1.83. The molecule has 0 bridgehead atoms. The molecule has 0 aliphatic rings. The lowest BCUT2D eigenvalue weighted by Gasteiger charge is -2.36. The Kier molecular flexibility index (Phi) is 5.94. The molecule has 0 amide bonds. The number of halogens is 7. The summed E-state index contributed by atoms with van der Waals surface area (Å²) in [6.07, 6.45) is -6.78. The number of hydrogen-bond donors (Lipinski definition) is 0. The Morgan fingerprint density at radius 2 is 1.41 bits per heavy atom. The van der Waals surface area contributed by atoms with Crippen LogP contribution in [-0.2, 0) is 9.53 Å². The van der Waals surface area contributed by atoms with Gasteiger partial charge in [0.25, 0.3) is 0 Å². The lowest BCUT2D eigenvalue weighted by atomic mass is 9.83. The molecular weight excluding hydrogens is 321 g/mol. The minimum Gasteiger partial charge on any atom is -0.460 e. The van der Waals surface area contributed by atoms with Crippen molar-refractivity contribution in [3.8, 4) is 0 Å². The van der Waals surface area contributed by atoms with Gasteiger partial charge in [0.15, 0.2) is 0 Å². The number of carbonyl (C=O) groups excluding carboxylic acids is 1. The molecule has 0 aliphatic carbocycles. The number of hydrogen-bond acceptors (Lipinski definition) is 2. The normalized spacial score (nSPS) is 17.1. The highest BCUT2D eigenvalue weighted by molar-refractivity contribution is 5.73. The molecule has 2 nitrogen and oxygen atoms in total. The van der Waals surface area contributed by atoms with E-state index in [2.05, 4.69) is 0 Å². The van der Waals surface area contributed by atoms with Crippen molar-refractivity contribution in [2.75, 3.05) is 0 Å². The van der Waals surface area contributed by atoms with Crippen LogP contribution in [0, 0.1) is 11.8 Å². The predicted molar refractivity (Wildman–Crippen MR) is 64.7 cm³/mol. The van der Waals surface area contributed by atoms with Crippen LogP contribution in [0.1, 0.15) is 41.0 Å². The van der Waals surface area contributed by atoms with Crippen molar-refractivity contribution < 1.29 is 40.3 Å². The molecule has 0 aliphatic heterocycles. The standard InChI is InChI=1S/C13H19F7O2/c1-6-8(9(21)22-10(3,4)5)7(2)11(14,15)12(16,17)13(18,19)20/h7-8H,6H2,1-5H3. The van der Waals surface area contributed by atoms with E-state index in [1.807, 2.05) is 0 Å². The summed E-state index contributed by atoms with van der Waals surface area (Å²) in [4.78, 5) is 11.8. The molecule has 0 saturated heterocycles. The second kappa shape index (κ2) is 6.23. The van der Waals surface area contributed by atoms with Gasteiger partial charge >= 0.3 is 24.0 Å². The highest BCUT2D eigenvalue weighted by Crippen LogP contribution is 2.51. The maximum Gasteiger partial charge on any atom is 0.459 e. The van der Waals surface area contributed by atoms with E-state index < -0.39 is 41.4 Å². The van der Waals surface area contributed by atoms with Crippen LogP contribution in [0.15, 0.2) is 0 Å². The second-order valence-corrected chi connectivity index (χ2v) is 6.03. The van der Waals surface area contributed by atoms with Gasteiger partial charge in [0, 0.05) is 5.92 Å². The summed E-state index contributed by atoms with van der Waals surface area (Å²) < 4.78 is 94.7. The monoisotopic (exact) mass is 340 g/mol. The SMILES string of the molecule is CCC(C(=O)OC(C)(C)C)C(C)C(F)(F)C(F)(F)C(F)(F)F. The van der Waals surface area contributed by atoms with Crippen LogP contribution in [0.5, 0.6) is 0 Å². The summed E-state index contributed by atoms with van der Waals surface area (Å²) in [5, 5.41) is 0. The van der Waals surface area contributed by atoms with Gasteiger partial charge < -0.3 is 4.74 Å². The zero-order chi connectivity index (χ0) is 18.1. The summed E-state index contributed by atoms with van der Waals surface area (Å²) in [5.74, 6) is -17.3. The first-order valence-electron chi connectivity index (χ1n) is 6.54. The van der Waals surface area contributed by atoms with E-state index in [4.69, 9.17) is 4.74 Å². The number of rotatable bonds is 5. The largest absolute Gasteiger partial charge is 0.460 e. The summed E-state index contributed by atoms with van der Waals surface area (Å²) in [5.41, 5.74) is -1.08.